The Morgan fingerprint density at radius 1 is 1.08 bits per heavy atom. The van der Waals surface area contributed by atoms with Gasteiger partial charge in [-0.05, 0) is 47.5 Å². The van der Waals surface area contributed by atoms with Crippen LogP contribution in [0.2, 0.25) is 5.02 Å². The summed E-state index contributed by atoms with van der Waals surface area (Å²) in [4.78, 5) is 16.1. The van der Waals surface area contributed by atoms with Gasteiger partial charge in [-0.25, -0.2) is 9.79 Å². The molecule has 2 aromatic carbocycles. The Morgan fingerprint density at radius 3 is 2.58 bits per heavy atom. The molecule has 0 unspecified atom stereocenters. The molecule has 0 atom stereocenters. The molecule has 1 heterocycles. The van der Waals surface area contributed by atoms with Gasteiger partial charge in [0.05, 0.1) is 7.11 Å². The van der Waals surface area contributed by atoms with E-state index in [-0.39, 0.29) is 11.6 Å². The van der Waals surface area contributed by atoms with Crippen molar-refractivity contribution < 1.29 is 14.3 Å². The van der Waals surface area contributed by atoms with Crippen LogP contribution in [0.15, 0.2) is 65.3 Å². The van der Waals surface area contributed by atoms with Gasteiger partial charge in [0.1, 0.15) is 5.75 Å². The van der Waals surface area contributed by atoms with Crippen molar-refractivity contribution in [3.8, 4) is 5.75 Å². The molecule has 0 fully saturated rings. The molecule has 5 heteroatoms. The smallest absolute Gasteiger partial charge is 0.363 e. The number of hydrogen-bond donors (Lipinski definition) is 0. The molecule has 4 nitrogen and oxygen atoms in total. The Kier molecular flexibility index (Phi) is 4.77. The second-order valence-electron chi connectivity index (χ2n) is 5.03. The predicted octanol–water partition coefficient (Wildman–Crippen LogP) is 4.36. The minimum Gasteiger partial charge on any atom is -0.497 e. The quantitative estimate of drug-likeness (QED) is 0.614. The molecule has 24 heavy (non-hydrogen) atoms. The number of ether oxygens (including phenoxy) is 2. The maximum atomic E-state index is 11.9. The molecule has 0 amide bonds. The van der Waals surface area contributed by atoms with E-state index in [2.05, 4.69) is 4.99 Å². The van der Waals surface area contributed by atoms with Gasteiger partial charge in [0.2, 0.25) is 5.90 Å². The van der Waals surface area contributed by atoms with Gasteiger partial charge in [-0.15, -0.1) is 0 Å². The second-order valence-corrected chi connectivity index (χ2v) is 5.47. The Hall–Kier alpha value is -2.85. The molecule has 2 aromatic rings. The minimum atomic E-state index is -0.482. The van der Waals surface area contributed by atoms with Gasteiger partial charge in [0.25, 0.3) is 0 Å². The molecule has 0 spiro atoms. The minimum absolute atomic E-state index is 0.242. The van der Waals surface area contributed by atoms with Gasteiger partial charge in [0.15, 0.2) is 5.70 Å². The third kappa shape index (κ3) is 3.91. The lowest BCUT2D eigenvalue weighted by molar-refractivity contribution is -0.129. The van der Waals surface area contributed by atoms with E-state index in [0.717, 1.165) is 16.9 Å². The Labute approximate surface area is 144 Å². The van der Waals surface area contributed by atoms with Gasteiger partial charge in [0, 0.05) is 11.1 Å². The lowest BCUT2D eigenvalue weighted by Crippen LogP contribution is -2.01. The monoisotopic (exact) mass is 339 g/mol. The zero-order valence-electron chi connectivity index (χ0n) is 12.9. The molecule has 0 saturated heterocycles. The fourth-order valence-electron chi connectivity index (χ4n) is 2.13. The van der Waals surface area contributed by atoms with Crippen LogP contribution in [0.5, 0.6) is 5.75 Å². The van der Waals surface area contributed by atoms with Crippen LogP contribution in [-0.4, -0.2) is 19.0 Å². The summed E-state index contributed by atoms with van der Waals surface area (Å²) in [6, 6.07) is 14.7. The average Bonchev–Trinajstić information content (AvgIpc) is 2.93. The van der Waals surface area contributed by atoms with Gasteiger partial charge in [-0.3, -0.25) is 0 Å². The first-order valence-corrected chi connectivity index (χ1v) is 7.62. The lowest BCUT2D eigenvalue weighted by atomic mass is 10.2. The van der Waals surface area contributed by atoms with Gasteiger partial charge >= 0.3 is 5.97 Å². The van der Waals surface area contributed by atoms with Crippen molar-refractivity contribution in [3.05, 3.63) is 76.5 Å². The number of benzene rings is 2. The highest BCUT2D eigenvalue weighted by atomic mass is 35.5. The van der Waals surface area contributed by atoms with Crippen LogP contribution in [0.1, 0.15) is 11.1 Å². The summed E-state index contributed by atoms with van der Waals surface area (Å²) in [6.07, 6.45) is 5.11. The zero-order valence-corrected chi connectivity index (χ0v) is 13.7. The molecule has 0 bridgehead atoms. The first-order chi connectivity index (χ1) is 11.6. The third-order valence-electron chi connectivity index (χ3n) is 3.32. The van der Waals surface area contributed by atoms with Crippen LogP contribution in [0.3, 0.4) is 0 Å². The normalized spacial score (nSPS) is 15.7. The molecule has 0 aliphatic carbocycles. The van der Waals surface area contributed by atoms with Crippen molar-refractivity contribution in [3.63, 3.8) is 0 Å². The lowest BCUT2D eigenvalue weighted by Gasteiger charge is -1.98. The molecule has 0 N–H and O–H groups in total. The molecule has 1 aliphatic heterocycles. The number of rotatable bonds is 4. The molecule has 0 radical (unpaired) electrons. The number of carbonyl (C=O) groups is 1. The highest BCUT2D eigenvalue weighted by molar-refractivity contribution is 6.30. The van der Waals surface area contributed by atoms with E-state index >= 15 is 0 Å². The standard InChI is InChI=1S/C19H14ClNO3/c1-23-16-8-5-13(6-9-16)7-10-18-21-17(19(22)24-18)12-14-3-2-4-15(20)11-14/h2-12H,1H3. The molecule has 1 aliphatic rings. The van der Waals surface area contributed by atoms with Crippen molar-refractivity contribution in [2.75, 3.05) is 7.11 Å². The third-order valence-corrected chi connectivity index (χ3v) is 3.56. The van der Waals surface area contributed by atoms with E-state index in [1.54, 1.807) is 31.4 Å². The molecule has 0 saturated carbocycles. The summed E-state index contributed by atoms with van der Waals surface area (Å²) in [6.45, 7) is 0. The van der Waals surface area contributed by atoms with Crippen LogP contribution in [0.4, 0.5) is 0 Å². The van der Waals surface area contributed by atoms with Crippen LogP contribution in [-0.2, 0) is 9.53 Å². The van der Waals surface area contributed by atoms with Gasteiger partial charge in [-0.2, -0.15) is 0 Å². The summed E-state index contributed by atoms with van der Waals surface area (Å²) < 4.78 is 10.2. The fourth-order valence-corrected chi connectivity index (χ4v) is 2.33. The number of methoxy groups -OCH3 is 1. The fraction of sp³-hybridized carbons (Fsp3) is 0.0526. The summed E-state index contributed by atoms with van der Waals surface area (Å²) >= 11 is 5.93. The highest BCUT2D eigenvalue weighted by Crippen LogP contribution is 2.19. The van der Waals surface area contributed by atoms with Crippen molar-refractivity contribution in [2.45, 2.75) is 0 Å². The van der Waals surface area contributed by atoms with E-state index in [9.17, 15) is 4.79 Å². The molecular formula is C19H14ClNO3. The summed E-state index contributed by atoms with van der Waals surface area (Å²) in [5.74, 6) is 0.553. The van der Waals surface area contributed by atoms with E-state index < -0.39 is 5.97 Å². The number of esters is 1. The topological polar surface area (TPSA) is 47.9 Å². The van der Waals surface area contributed by atoms with Crippen molar-refractivity contribution >= 4 is 35.6 Å². The second kappa shape index (κ2) is 7.15. The largest absolute Gasteiger partial charge is 0.497 e. The van der Waals surface area contributed by atoms with E-state index in [0.29, 0.717) is 5.02 Å². The summed E-state index contributed by atoms with van der Waals surface area (Å²) in [5, 5.41) is 0.597. The Balaban J connectivity index is 1.77. The number of hydrogen-bond acceptors (Lipinski definition) is 4. The summed E-state index contributed by atoms with van der Waals surface area (Å²) in [5.41, 5.74) is 1.98. The van der Waals surface area contributed by atoms with E-state index in [1.165, 1.54) is 0 Å². The Bertz CT molecular complexity index is 851. The Morgan fingerprint density at radius 2 is 1.88 bits per heavy atom. The molecular weight excluding hydrogens is 326 g/mol. The SMILES string of the molecule is COc1ccc(C=CC2=NC(=Cc3cccc(Cl)c3)C(=O)O2)cc1. The highest BCUT2D eigenvalue weighted by Gasteiger charge is 2.21. The van der Waals surface area contributed by atoms with Crippen molar-refractivity contribution in [2.24, 2.45) is 4.99 Å². The van der Waals surface area contributed by atoms with Gasteiger partial charge < -0.3 is 9.47 Å². The first-order valence-electron chi connectivity index (χ1n) is 7.24. The van der Waals surface area contributed by atoms with Crippen LogP contribution in [0.25, 0.3) is 12.2 Å². The predicted molar refractivity (Wildman–Crippen MR) is 95.0 cm³/mol. The average molecular weight is 340 g/mol. The van der Waals surface area contributed by atoms with E-state index in [1.807, 2.05) is 42.5 Å². The van der Waals surface area contributed by atoms with Crippen molar-refractivity contribution in [1.29, 1.82) is 0 Å². The van der Waals surface area contributed by atoms with Crippen LogP contribution >= 0.6 is 11.6 Å². The molecule has 3 rings (SSSR count). The van der Waals surface area contributed by atoms with E-state index in [4.69, 9.17) is 21.1 Å². The number of aliphatic imine (C=N–C) groups is 1. The van der Waals surface area contributed by atoms with Crippen LogP contribution in [0, 0.1) is 0 Å². The number of cyclic esters (lactones) is 1. The molecule has 0 aromatic heterocycles. The number of halogens is 1. The number of carbonyl (C=O) groups excluding carboxylic acids is 1. The van der Waals surface area contributed by atoms with Crippen molar-refractivity contribution in [1.82, 2.24) is 0 Å². The molecule has 120 valence electrons. The number of nitrogens with zero attached hydrogens (tertiary/aromatic N) is 1. The zero-order chi connectivity index (χ0) is 16.9. The maximum Gasteiger partial charge on any atom is 0.363 e. The van der Waals surface area contributed by atoms with Crippen LogP contribution < -0.4 is 4.74 Å². The first kappa shape index (κ1) is 16.0. The summed E-state index contributed by atoms with van der Waals surface area (Å²) in [7, 11) is 1.62. The van der Waals surface area contributed by atoms with Gasteiger partial charge in [-0.1, -0.05) is 35.9 Å². The maximum absolute atomic E-state index is 11.9.